The zero-order valence-corrected chi connectivity index (χ0v) is 10.5. The molecular formula is C13H14N6. The first-order valence-corrected chi connectivity index (χ1v) is 6.01. The quantitative estimate of drug-likeness (QED) is 0.746. The molecule has 0 aliphatic heterocycles. The van der Waals surface area contributed by atoms with Gasteiger partial charge in [0.15, 0.2) is 5.82 Å². The third kappa shape index (κ3) is 2.13. The molecule has 2 aromatic heterocycles. The van der Waals surface area contributed by atoms with E-state index >= 15 is 0 Å². The van der Waals surface area contributed by atoms with Gasteiger partial charge in [0, 0.05) is 24.1 Å². The highest BCUT2D eigenvalue weighted by atomic mass is 15.2. The summed E-state index contributed by atoms with van der Waals surface area (Å²) in [7, 11) is 0. The fourth-order valence-electron chi connectivity index (χ4n) is 1.98. The molecule has 3 aromatic rings. The normalized spacial score (nSPS) is 12.5. The highest BCUT2D eigenvalue weighted by molar-refractivity contribution is 5.71. The Kier molecular flexibility index (Phi) is 2.85. The molecule has 0 aliphatic rings. The molecule has 3 N–H and O–H groups in total. The van der Waals surface area contributed by atoms with E-state index in [1.54, 1.807) is 18.7 Å². The van der Waals surface area contributed by atoms with Crippen LogP contribution in [0.5, 0.6) is 0 Å². The molecule has 0 fully saturated rings. The second kappa shape index (κ2) is 4.66. The third-order valence-corrected chi connectivity index (χ3v) is 2.92. The van der Waals surface area contributed by atoms with Gasteiger partial charge in [0.25, 0.3) is 0 Å². The topological polar surface area (TPSA) is 81.1 Å². The Labute approximate surface area is 110 Å². The number of benzene rings is 1. The minimum atomic E-state index is -0.0543. The molecule has 0 saturated heterocycles. The molecule has 0 aliphatic carbocycles. The van der Waals surface area contributed by atoms with Crippen LogP contribution >= 0.6 is 0 Å². The second-order valence-corrected chi connectivity index (χ2v) is 4.34. The fraction of sp³-hybridized carbons (Fsp3) is 0.154. The number of nitrogens with zero attached hydrogens (tertiary/aromatic N) is 4. The van der Waals surface area contributed by atoms with Gasteiger partial charge in [-0.1, -0.05) is 18.2 Å². The van der Waals surface area contributed by atoms with Crippen molar-refractivity contribution >= 4 is 17.2 Å². The van der Waals surface area contributed by atoms with Crippen LogP contribution in [0.1, 0.15) is 18.5 Å². The van der Waals surface area contributed by atoms with Crippen molar-refractivity contribution in [2.24, 2.45) is 5.73 Å². The van der Waals surface area contributed by atoms with Gasteiger partial charge in [0.1, 0.15) is 6.33 Å². The Morgan fingerprint density at radius 3 is 3.00 bits per heavy atom. The van der Waals surface area contributed by atoms with E-state index < -0.39 is 0 Å². The van der Waals surface area contributed by atoms with Crippen molar-refractivity contribution in [2.45, 2.75) is 13.0 Å². The van der Waals surface area contributed by atoms with Crippen molar-refractivity contribution in [1.29, 1.82) is 0 Å². The van der Waals surface area contributed by atoms with Crippen molar-refractivity contribution in [3.8, 4) is 0 Å². The first kappa shape index (κ1) is 11.6. The summed E-state index contributed by atoms with van der Waals surface area (Å²) in [6, 6.07) is 7.84. The van der Waals surface area contributed by atoms with Crippen molar-refractivity contribution in [3.63, 3.8) is 0 Å². The lowest BCUT2D eigenvalue weighted by atomic mass is 10.1. The van der Waals surface area contributed by atoms with Crippen molar-refractivity contribution in [1.82, 2.24) is 19.6 Å². The van der Waals surface area contributed by atoms with Crippen LogP contribution < -0.4 is 11.1 Å². The van der Waals surface area contributed by atoms with Crippen LogP contribution in [0.3, 0.4) is 0 Å². The molecule has 6 heteroatoms. The number of hydrogen-bond donors (Lipinski definition) is 2. The van der Waals surface area contributed by atoms with E-state index in [-0.39, 0.29) is 6.04 Å². The Morgan fingerprint density at radius 1 is 1.32 bits per heavy atom. The van der Waals surface area contributed by atoms with Gasteiger partial charge >= 0.3 is 0 Å². The van der Waals surface area contributed by atoms with Crippen LogP contribution in [0, 0.1) is 0 Å². The molecule has 2 heterocycles. The molecule has 1 unspecified atom stereocenters. The highest BCUT2D eigenvalue weighted by Gasteiger charge is 2.09. The van der Waals surface area contributed by atoms with E-state index in [9.17, 15) is 0 Å². The first-order valence-electron chi connectivity index (χ1n) is 6.01. The number of hydrogen-bond acceptors (Lipinski definition) is 5. The standard InChI is InChI=1S/C13H14N6/c1-9(14)10-4-2-3-5-11(10)17-12-13-18-16-8-19(13)7-6-15-12/h2-9H,14H2,1H3,(H,15,17). The van der Waals surface area contributed by atoms with Crippen molar-refractivity contribution < 1.29 is 0 Å². The van der Waals surface area contributed by atoms with E-state index in [1.165, 1.54) is 0 Å². The Hall–Kier alpha value is -2.47. The molecule has 0 amide bonds. The summed E-state index contributed by atoms with van der Waals surface area (Å²) in [6.07, 6.45) is 5.14. The van der Waals surface area contributed by atoms with Crippen LogP contribution in [0.15, 0.2) is 43.0 Å². The van der Waals surface area contributed by atoms with Crippen LogP contribution in [0.25, 0.3) is 5.65 Å². The second-order valence-electron chi connectivity index (χ2n) is 4.34. The van der Waals surface area contributed by atoms with Crippen LogP contribution in [-0.2, 0) is 0 Å². The maximum absolute atomic E-state index is 5.97. The van der Waals surface area contributed by atoms with Gasteiger partial charge in [-0.25, -0.2) is 4.98 Å². The van der Waals surface area contributed by atoms with E-state index in [0.717, 1.165) is 11.3 Å². The van der Waals surface area contributed by atoms with Gasteiger partial charge in [0.05, 0.1) is 0 Å². The number of para-hydroxylation sites is 1. The Bertz CT molecular complexity index is 703. The lowest BCUT2D eigenvalue weighted by Gasteiger charge is -2.14. The molecule has 0 spiro atoms. The SMILES string of the molecule is CC(N)c1ccccc1Nc1nccn2cnnc12. The van der Waals surface area contributed by atoms with Crippen molar-refractivity contribution in [2.75, 3.05) is 5.32 Å². The molecule has 19 heavy (non-hydrogen) atoms. The summed E-state index contributed by atoms with van der Waals surface area (Å²) in [4.78, 5) is 4.30. The number of anilines is 2. The Balaban J connectivity index is 2.04. The lowest BCUT2D eigenvalue weighted by Crippen LogP contribution is -2.08. The predicted molar refractivity (Wildman–Crippen MR) is 73.1 cm³/mol. The molecule has 0 bridgehead atoms. The number of fused-ring (bicyclic) bond motifs is 1. The minimum Gasteiger partial charge on any atom is -0.337 e. The summed E-state index contributed by atoms with van der Waals surface area (Å²) in [6.45, 7) is 1.95. The van der Waals surface area contributed by atoms with Crippen LogP contribution in [-0.4, -0.2) is 19.6 Å². The number of nitrogens with one attached hydrogen (secondary N) is 1. The summed E-state index contributed by atoms with van der Waals surface area (Å²) in [5.41, 5.74) is 8.61. The minimum absolute atomic E-state index is 0.0543. The number of rotatable bonds is 3. The maximum Gasteiger partial charge on any atom is 0.203 e. The third-order valence-electron chi connectivity index (χ3n) is 2.92. The average Bonchev–Trinajstić information content (AvgIpc) is 2.88. The monoisotopic (exact) mass is 254 g/mol. The summed E-state index contributed by atoms with van der Waals surface area (Å²) < 4.78 is 1.81. The fourth-order valence-corrected chi connectivity index (χ4v) is 1.98. The van der Waals surface area contributed by atoms with Gasteiger partial charge in [-0.2, -0.15) is 0 Å². The summed E-state index contributed by atoms with van der Waals surface area (Å²) in [5.74, 6) is 0.660. The smallest absolute Gasteiger partial charge is 0.203 e. The molecule has 96 valence electrons. The van der Waals surface area contributed by atoms with Gasteiger partial charge in [-0.15, -0.1) is 10.2 Å². The molecule has 3 rings (SSSR count). The molecular weight excluding hydrogens is 240 g/mol. The molecule has 0 saturated carbocycles. The van der Waals surface area contributed by atoms with E-state index in [2.05, 4.69) is 20.5 Å². The van der Waals surface area contributed by atoms with Gasteiger partial charge < -0.3 is 11.1 Å². The van der Waals surface area contributed by atoms with Crippen molar-refractivity contribution in [3.05, 3.63) is 48.5 Å². The highest BCUT2D eigenvalue weighted by Crippen LogP contribution is 2.25. The zero-order chi connectivity index (χ0) is 13.2. The van der Waals surface area contributed by atoms with Gasteiger partial charge in [-0.3, -0.25) is 4.40 Å². The zero-order valence-electron chi connectivity index (χ0n) is 10.5. The van der Waals surface area contributed by atoms with Crippen LogP contribution in [0.4, 0.5) is 11.5 Å². The maximum atomic E-state index is 5.97. The van der Waals surface area contributed by atoms with Gasteiger partial charge in [0.2, 0.25) is 5.65 Å². The molecule has 0 radical (unpaired) electrons. The molecule has 6 nitrogen and oxygen atoms in total. The lowest BCUT2D eigenvalue weighted by molar-refractivity contribution is 0.820. The van der Waals surface area contributed by atoms with Gasteiger partial charge in [-0.05, 0) is 18.6 Å². The first-order chi connectivity index (χ1) is 9.25. The van der Waals surface area contributed by atoms with E-state index in [4.69, 9.17) is 5.73 Å². The molecule has 1 atom stereocenters. The summed E-state index contributed by atoms with van der Waals surface area (Å²) >= 11 is 0. The number of nitrogens with two attached hydrogens (primary N) is 1. The largest absolute Gasteiger partial charge is 0.337 e. The molecule has 1 aromatic carbocycles. The van der Waals surface area contributed by atoms with E-state index in [1.807, 2.05) is 35.6 Å². The number of aromatic nitrogens is 4. The predicted octanol–water partition coefficient (Wildman–Crippen LogP) is 1.89. The average molecular weight is 254 g/mol. The Morgan fingerprint density at radius 2 is 2.16 bits per heavy atom. The van der Waals surface area contributed by atoms with Crippen LogP contribution in [0.2, 0.25) is 0 Å². The van der Waals surface area contributed by atoms with E-state index in [0.29, 0.717) is 11.5 Å². The summed E-state index contributed by atoms with van der Waals surface area (Å²) in [5, 5.41) is 11.2.